The zero-order valence-electron chi connectivity index (χ0n) is 13.0. The van der Waals surface area contributed by atoms with Crippen molar-refractivity contribution in [2.24, 2.45) is 0 Å². The summed E-state index contributed by atoms with van der Waals surface area (Å²) in [5.74, 6) is -1.93. The fourth-order valence-corrected chi connectivity index (χ4v) is 3.01. The topological polar surface area (TPSA) is 32.3 Å². The fourth-order valence-electron chi connectivity index (χ4n) is 3.01. The molecule has 23 heavy (non-hydrogen) atoms. The van der Waals surface area contributed by atoms with E-state index in [4.69, 9.17) is 0 Å². The Kier molecular flexibility index (Phi) is 4.03. The number of fused-ring (bicyclic) bond motifs is 1. The molecule has 1 aliphatic rings. The van der Waals surface area contributed by atoms with Crippen LogP contribution in [-0.4, -0.2) is 18.0 Å². The second-order valence-corrected chi connectivity index (χ2v) is 5.89. The molecule has 0 aromatic heterocycles. The second-order valence-electron chi connectivity index (χ2n) is 5.89. The molecule has 5 heteroatoms. The molecule has 0 saturated heterocycles. The van der Waals surface area contributed by atoms with Crippen molar-refractivity contribution in [2.45, 2.75) is 32.4 Å². The van der Waals surface area contributed by atoms with Gasteiger partial charge in [-0.1, -0.05) is 18.2 Å². The van der Waals surface area contributed by atoms with Crippen molar-refractivity contribution < 1.29 is 13.6 Å². The Hall–Kier alpha value is -2.43. The van der Waals surface area contributed by atoms with Gasteiger partial charge in [-0.25, -0.2) is 8.78 Å². The van der Waals surface area contributed by atoms with Gasteiger partial charge in [-0.3, -0.25) is 4.79 Å². The zero-order valence-corrected chi connectivity index (χ0v) is 13.0. The number of amides is 1. The summed E-state index contributed by atoms with van der Waals surface area (Å²) in [5, 5.41) is 2.94. The van der Waals surface area contributed by atoms with Crippen LogP contribution in [0.2, 0.25) is 0 Å². The van der Waals surface area contributed by atoms with Crippen molar-refractivity contribution in [1.29, 1.82) is 0 Å². The predicted octanol–water partition coefficient (Wildman–Crippen LogP) is 3.74. The molecule has 0 saturated carbocycles. The van der Waals surface area contributed by atoms with E-state index in [0.29, 0.717) is 5.69 Å². The maximum absolute atomic E-state index is 13.3. The normalized spacial score (nSPS) is 17.7. The largest absolute Gasteiger partial charge is 0.374 e. The standard InChI is InChI=1S/C18H18F2N2O/c1-11-9-13-5-3-4-6-17(13)22(11)18(23)12(2)21-14-7-8-15(19)16(20)10-14/h3-8,10-12,21H,9H2,1-2H3. The molecule has 2 atom stereocenters. The third kappa shape index (κ3) is 2.91. The van der Waals surface area contributed by atoms with E-state index in [1.165, 1.54) is 6.07 Å². The molecule has 1 heterocycles. The van der Waals surface area contributed by atoms with Crippen molar-refractivity contribution >= 4 is 17.3 Å². The number of hydrogen-bond acceptors (Lipinski definition) is 2. The highest BCUT2D eigenvalue weighted by atomic mass is 19.2. The minimum absolute atomic E-state index is 0.0779. The van der Waals surface area contributed by atoms with Gasteiger partial charge >= 0.3 is 0 Å². The van der Waals surface area contributed by atoms with E-state index in [1.54, 1.807) is 11.8 Å². The molecule has 0 radical (unpaired) electrons. The molecule has 120 valence electrons. The van der Waals surface area contributed by atoms with Crippen LogP contribution >= 0.6 is 0 Å². The third-order valence-corrected chi connectivity index (χ3v) is 4.12. The molecule has 2 aromatic rings. The number of halogens is 2. The van der Waals surface area contributed by atoms with Crippen LogP contribution in [0, 0.1) is 11.6 Å². The van der Waals surface area contributed by atoms with Gasteiger partial charge in [0.15, 0.2) is 11.6 Å². The maximum atomic E-state index is 13.3. The third-order valence-electron chi connectivity index (χ3n) is 4.12. The maximum Gasteiger partial charge on any atom is 0.249 e. The number of rotatable bonds is 3. The molecule has 1 N–H and O–H groups in total. The molecular formula is C18H18F2N2O. The minimum Gasteiger partial charge on any atom is -0.374 e. The molecule has 0 aliphatic carbocycles. The Balaban J connectivity index is 1.78. The number of anilines is 2. The number of carbonyl (C=O) groups excluding carboxylic acids is 1. The monoisotopic (exact) mass is 316 g/mol. The number of carbonyl (C=O) groups is 1. The molecule has 3 rings (SSSR count). The van der Waals surface area contributed by atoms with E-state index in [1.807, 2.05) is 31.2 Å². The van der Waals surface area contributed by atoms with E-state index >= 15 is 0 Å². The van der Waals surface area contributed by atoms with Crippen molar-refractivity contribution in [3.8, 4) is 0 Å². The predicted molar refractivity (Wildman–Crippen MR) is 86.5 cm³/mol. The average molecular weight is 316 g/mol. The van der Waals surface area contributed by atoms with Crippen LogP contribution < -0.4 is 10.2 Å². The molecule has 3 nitrogen and oxygen atoms in total. The Labute approximate surface area is 133 Å². The molecule has 1 amide bonds. The summed E-state index contributed by atoms with van der Waals surface area (Å²) in [6, 6.07) is 10.9. The summed E-state index contributed by atoms with van der Waals surface area (Å²) >= 11 is 0. The van der Waals surface area contributed by atoms with Gasteiger partial charge in [-0.2, -0.15) is 0 Å². The Morgan fingerprint density at radius 1 is 1.22 bits per heavy atom. The fraction of sp³-hybridized carbons (Fsp3) is 0.278. The minimum atomic E-state index is -0.936. The Bertz CT molecular complexity index is 748. The first-order valence-corrected chi connectivity index (χ1v) is 7.60. The van der Waals surface area contributed by atoms with Crippen molar-refractivity contribution in [3.05, 3.63) is 59.7 Å². The molecular weight excluding hydrogens is 298 g/mol. The lowest BCUT2D eigenvalue weighted by atomic mass is 10.1. The quantitative estimate of drug-likeness (QED) is 0.935. The van der Waals surface area contributed by atoms with Crippen molar-refractivity contribution in [1.82, 2.24) is 0 Å². The lowest BCUT2D eigenvalue weighted by molar-refractivity contribution is -0.119. The SMILES string of the molecule is CC(Nc1ccc(F)c(F)c1)C(=O)N1c2ccccc2CC1C. The van der Waals surface area contributed by atoms with Gasteiger partial charge in [-0.15, -0.1) is 0 Å². The molecule has 1 aliphatic heterocycles. The van der Waals surface area contributed by atoms with Crippen LogP contribution in [0.15, 0.2) is 42.5 Å². The first kappa shape index (κ1) is 15.5. The average Bonchev–Trinajstić information content (AvgIpc) is 2.86. The van der Waals surface area contributed by atoms with Gasteiger partial charge in [0, 0.05) is 23.5 Å². The number of nitrogens with zero attached hydrogens (tertiary/aromatic N) is 1. The second kappa shape index (κ2) is 5.99. The van der Waals surface area contributed by atoms with E-state index in [0.717, 1.165) is 29.8 Å². The van der Waals surface area contributed by atoms with Gasteiger partial charge in [0.2, 0.25) is 5.91 Å². The molecule has 0 spiro atoms. The van der Waals surface area contributed by atoms with Gasteiger partial charge < -0.3 is 10.2 Å². The molecule has 0 fully saturated rings. The summed E-state index contributed by atoms with van der Waals surface area (Å²) in [6.45, 7) is 3.72. The van der Waals surface area contributed by atoms with Gasteiger partial charge in [-0.05, 0) is 44.0 Å². The Morgan fingerprint density at radius 2 is 1.96 bits per heavy atom. The van der Waals surface area contributed by atoms with Crippen LogP contribution in [0.4, 0.5) is 20.2 Å². The number of benzene rings is 2. The van der Waals surface area contributed by atoms with E-state index in [-0.39, 0.29) is 11.9 Å². The van der Waals surface area contributed by atoms with E-state index < -0.39 is 17.7 Å². The number of para-hydroxylation sites is 1. The number of hydrogen-bond donors (Lipinski definition) is 1. The highest BCUT2D eigenvalue weighted by molar-refractivity contribution is 6.00. The van der Waals surface area contributed by atoms with Gasteiger partial charge in [0.05, 0.1) is 0 Å². The summed E-state index contributed by atoms with van der Waals surface area (Å²) in [5.41, 5.74) is 2.45. The van der Waals surface area contributed by atoms with Crippen LogP contribution in [-0.2, 0) is 11.2 Å². The molecule has 2 unspecified atom stereocenters. The molecule has 0 bridgehead atoms. The van der Waals surface area contributed by atoms with E-state index in [2.05, 4.69) is 5.32 Å². The lowest BCUT2D eigenvalue weighted by Crippen LogP contribution is -2.44. The van der Waals surface area contributed by atoms with Crippen LogP contribution in [0.25, 0.3) is 0 Å². The Morgan fingerprint density at radius 3 is 2.70 bits per heavy atom. The summed E-state index contributed by atoms with van der Waals surface area (Å²) in [6.07, 6.45) is 0.819. The highest BCUT2D eigenvalue weighted by Gasteiger charge is 2.32. The van der Waals surface area contributed by atoms with E-state index in [9.17, 15) is 13.6 Å². The lowest BCUT2D eigenvalue weighted by Gasteiger charge is -2.27. The molecule has 2 aromatic carbocycles. The smallest absolute Gasteiger partial charge is 0.249 e. The summed E-state index contributed by atoms with van der Waals surface area (Å²) in [4.78, 5) is 14.5. The number of nitrogens with one attached hydrogen (secondary N) is 1. The van der Waals surface area contributed by atoms with Crippen LogP contribution in [0.3, 0.4) is 0 Å². The highest BCUT2D eigenvalue weighted by Crippen LogP contribution is 2.32. The van der Waals surface area contributed by atoms with Crippen LogP contribution in [0.1, 0.15) is 19.4 Å². The first-order chi connectivity index (χ1) is 11.0. The van der Waals surface area contributed by atoms with Gasteiger partial charge in [0.25, 0.3) is 0 Å². The summed E-state index contributed by atoms with van der Waals surface area (Å²) in [7, 11) is 0. The van der Waals surface area contributed by atoms with Crippen molar-refractivity contribution in [3.63, 3.8) is 0 Å². The zero-order chi connectivity index (χ0) is 16.6. The summed E-state index contributed by atoms with van der Waals surface area (Å²) < 4.78 is 26.3. The van der Waals surface area contributed by atoms with Crippen LogP contribution in [0.5, 0.6) is 0 Å². The first-order valence-electron chi connectivity index (χ1n) is 7.60. The van der Waals surface area contributed by atoms with Crippen molar-refractivity contribution in [2.75, 3.05) is 10.2 Å². The van der Waals surface area contributed by atoms with Gasteiger partial charge in [0.1, 0.15) is 6.04 Å².